The van der Waals surface area contributed by atoms with Crippen molar-refractivity contribution in [1.82, 2.24) is 0 Å². The van der Waals surface area contributed by atoms with Gasteiger partial charge >= 0.3 is 0 Å². The van der Waals surface area contributed by atoms with Gasteiger partial charge in [-0.05, 0) is 6.07 Å². The van der Waals surface area contributed by atoms with E-state index in [1.165, 1.54) is 5.56 Å². The van der Waals surface area contributed by atoms with Crippen molar-refractivity contribution in [2.45, 2.75) is 0 Å². The summed E-state index contributed by atoms with van der Waals surface area (Å²) in [6, 6.07) is 2.00. The molecule has 0 atom stereocenters. The van der Waals surface area contributed by atoms with Gasteiger partial charge in [-0.2, -0.15) is 0 Å². The maximum Gasteiger partial charge on any atom is 0.137 e. The third-order valence-corrected chi connectivity index (χ3v) is 0.801. The minimum atomic E-state index is 1.09. The number of fused-ring (bicyclic) bond motifs is 1. The van der Waals surface area contributed by atoms with Crippen LogP contribution in [0.15, 0.2) is 16.7 Å². The highest BCUT2D eigenvalue weighted by Gasteiger charge is 2.16. The molecule has 2 aliphatic rings. The van der Waals surface area contributed by atoms with Gasteiger partial charge in [0.15, 0.2) is 0 Å². The molecule has 0 unspecified atom stereocenters. The maximum atomic E-state index is 4.70. The van der Waals surface area contributed by atoms with E-state index in [9.17, 15) is 0 Å². The van der Waals surface area contributed by atoms with Gasteiger partial charge in [0, 0.05) is 0 Å². The average Bonchev–Trinajstić information content (AvgIpc) is 1.74. The van der Waals surface area contributed by atoms with Crippen LogP contribution in [0.3, 0.4) is 0 Å². The second-order valence-electron chi connectivity index (χ2n) is 1.20. The SMILES string of the molecule is c1oc2cc1-2. The monoisotopic (exact) mass is 66.0 g/mol. The number of hydrogen-bond acceptors (Lipinski definition) is 1. The van der Waals surface area contributed by atoms with Crippen LogP contribution < -0.4 is 0 Å². The van der Waals surface area contributed by atoms with Gasteiger partial charge in [-0.15, -0.1) is 0 Å². The molecule has 0 aromatic rings. The number of rotatable bonds is 0. The Labute approximate surface area is 29.2 Å². The first kappa shape index (κ1) is 1.65. The van der Waals surface area contributed by atoms with Crippen molar-refractivity contribution in [2.24, 2.45) is 0 Å². The molecular weight excluding hydrogens is 64.0 g/mol. The Balaban J connectivity index is 3.13. The van der Waals surface area contributed by atoms with Crippen LogP contribution in [0.5, 0.6) is 0 Å². The first-order valence-electron chi connectivity index (χ1n) is 1.56. The van der Waals surface area contributed by atoms with E-state index >= 15 is 0 Å². The molecule has 1 aliphatic heterocycles. The Morgan fingerprint density at radius 3 is 2.40 bits per heavy atom. The normalized spacial score (nSPS) is 12.0. The highest BCUT2D eigenvalue weighted by molar-refractivity contribution is 5.74. The lowest BCUT2D eigenvalue weighted by molar-refractivity contribution is 0.556. The molecule has 0 radical (unpaired) electrons. The Morgan fingerprint density at radius 1 is 1.60 bits per heavy atom. The lowest BCUT2D eigenvalue weighted by Crippen LogP contribution is -1.51. The molecule has 0 fully saturated rings. The van der Waals surface area contributed by atoms with Gasteiger partial charge in [-0.1, -0.05) is 0 Å². The molecule has 24 valence electrons. The third-order valence-electron chi connectivity index (χ3n) is 0.801. The fourth-order valence-corrected chi connectivity index (χ4v) is 0.368. The van der Waals surface area contributed by atoms with Gasteiger partial charge in [0.05, 0.1) is 5.56 Å². The summed E-state index contributed by atoms with van der Waals surface area (Å²) >= 11 is 0. The van der Waals surface area contributed by atoms with Crippen molar-refractivity contribution in [1.29, 1.82) is 0 Å². The second-order valence-corrected chi connectivity index (χ2v) is 1.20. The van der Waals surface area contributed by atoms with Crippen molar-refractivity contribution in [2.75, 3.05) is 0 Å². The zero-order valence-corrected chi connectivity index (χ0v) is 2.56. The molecule has 5 heavy (non-hydrogen) atoms. The lowest BCUT2D eigenvalue weighted by atomic mass is 10.6. The van der Waals surface area contributed by atoms with Gasteiger partial charge in [-0.25, -0.2) is 0 Å². The van der Waals surface area contributed by atoms with Crippen molar-refractivity contribution in [3.63, 3.8) is 0 Å². The molecule has 0 saturated heterocycles. The summed E-state index contributed by atoms with van der Waals surface area (Å²) < 4.78 is 4.70. The minimum Gasteiger partial charge on any atom is -0.463 e. The van der Waals surface area contributed by atoms with Gasteiger partial charge in [0.2, 0.25) is 0 Å². The highest BCUT2D eigenvalue weighted by Crippen LogP contribution is 2.36. The predicted molar refractivity (Wildman–Crippen MR) is 17.7 cm³/mol. The Bertz CT molecular complexity index is 128. The van der Waals surface area contributed by atoms with Gasteiger partial charge in [0.25, 0.3) is 0 Å². The molecule has 0 aromatic heterocycles. The van der Waals surface area contributed by atoms with E-state index in [4.69, 9.17) is 4.42 Å². The van der Waals surface area contributed by atoms with Gasteiger partial charge in [0.1, 0.15) is 12.0 Å². The van der Waals surface area contributed by atoms with E-state index in [1.807, 2.05) is 6.07 Å². The molecule has 2 rings (SSSR count). The van der Waals surface area contributed by atoms with Crippen LogP contribution in [0, 0.1) is 0 Å². The Kier molecular flexibility index (Phi) is 0.0822. The van der Waals surface area contributed by atoms with E-state index in [0.29, 0.717) is 0 Å². The number of furan rings is 1. The van der Waals surface area contributed by atoms with Crippen LogP contribution in [0.2, 0.25) is 0 Å². The van der Waals surface area contributed by atoms with Crippen LogP contribution in [0.1, 0.15) is 0 Å². The standard InChI is InChI=1S/C4H2O/c1-3-2-5-4(1)3/h1-2H. The molecular formula is C4H2O. The predicted octanol–water partition coefficient (Wildman–Crippen LogP) is 1.26. The first-order chi connectivity index (χ1) is 2.47. The molecule has 1 heteroatoms. The average molecular weight is 66.1 g/mol. The molecule has 0 aromatic carbocycles. The smallest absolute Gasteiger partial charge is 0.137 e. The third kappa shape index (κ3) is 0.0509. The Hall–Kier alpha value is -0.720. The Morgan fingerprint density at radius 2 is 2.40 bits per heavy atom. The fourth-order valence-electron chi connectivity index (χ4n) is 0.368. The van der Waals surface area contributed by atoms with Crippen LogP contribution >= 0.6 is 0 Å². The van der Waals surface area contributed by atoms with E-state index < -0.39 is 0 Å². The van der Waals surface area contributed by atoms with E-state index in [1.54, 1.807) is 6.26 Å². The molecule has 0 bridgehead atoms. The summed E-state index contributed by atoms with van der Waals surface area (Å²) in [5, 5.41) is 0. The molecule has 0 amide bonds. The maximum absolute atomic E-state index is 4.70. The summed E-state index contributed by atoms with van der Waals surface area (Å²) in [7, 11) is 0. The quantitative estimate of drug-likeness (QED) is 0.451. The topological polar surface area (TPSA) is 13.1 Å². The zero-order chi connectivity index (χ0) is 3.28. The van der Waals surface area contributed by atoms with Gasteiger partial charge < -0.3 is 4.42 Å². The second kappa shape index (κ2) is 0.249. The largest absolute Gasteiger partial charge is 0.463 e. The van der Waals surface area contributed by atoms with Crippen molar-refractivity contribution in [3.8, 4) is 11.3 Å². The van der Waals surface area contributed by atoms with Crippen molar-refractivity contribution in [3.05, 3.63) is 12.3 Å². The molecule has 0 N–H and O–H groups in total. The van der Waals surface area contributed by atoms with E-state index in [0.717, 1.165) is 5.76 Å². The van der Waals surface area contributed by atoms with Crippen LogP contribution in [-0.4, -0.2) is 0 Å². The van der Waals surface area contributed by atoms with Crippen molar-refractivity contribution >= 4 is 0 Å². The van der Waals surface area contributed by atoms with Crippen LogP contribution in [0.4, 0.5) is 0 Å². The number of hydrogen-bond donors (Lipinski definition) is 0. The van der Waals surface area contributed by atoms with E-state index in [-0.39, 0.29) is 0 Å². The molecule has 1 nitrogen and oxygen atoms in total. The van der Waals surface area contributed by atoms with Gasteiger partial charge in [-0.3, -0.25) is 0 Å². The summed E-state index contributed by atoms with van der Waals surface area (Å²) in [6.07, 6.45) is 1.75. The first-order valence-corrected chi connectivity index (χ1v) is 1.56. The summed E-state index contributed by atoms with van der Waals surface area (Å²) in [5.41, 5.74) is 1.30. The molecule has 0 spiro atoms. The summed E-state index contributed by atoms with van der Waals surface area (Å²) in [5.74, 6) is 1.09. The van der Waals surface area contributed by atoms with E-state index in [2.05, 4.69) is 0 Å². The van der Waals surface area contributed by atoms with Crippen LogP contribution in [0.25, 0.3) is 11.3 Å². The lowest BCUT2D eigenvalue weighted by Gasteiger charge is -1.79. The zero-order valence-electron chi connectivity index (χ0n) is 2.56. The summed E-state index contributed by atoms with van der Waals surface area (Å²) in [4.78, 5) is 0. The summed E-state index contributed by atoms with van der Waals surface area (Å²) in [6.45, 7) is 0. The van der Waals surface area contributed by atoms with Crippen molar-refractivity contribution < 1.29 is 4.42 Å². The highest BCUT2D eigenvalue weighted by atomic mass is 16.4. The fraction of sp³-hybridized carbons (Fsp3) is 0. The molecule has 1 aliphatic carbocycles. The minimum absolute atomic E-state index is 1.09. The molecule has 0 saturated carbocycles. The molecule has 1 heterocycles. The van der Waals surface area contributed by atoms with Crippen LogP contribution in [-0.2, 0) is 0 Å².